The van der Waals surface area contributed by atoms with Crippen LogP contribution in [0.3, 0.4) is 0 Å². The van der Waals surface area contributed by atoms with Gasteiger partial charge in [0.05, 0.1) is 41.1 Å². The summed E-state index contributed by atoms with van der Waals surface area (Å²) in [6.45, 7) is 2.50. The summed E-state index contributed by atoms with van der Waals surface area (Å²) in [7, 11) is 0. The largest absolute Gasteiger partial charge is 0.392 e. The Bertz CT molecular complexity index is 1670. The number of aromatic nitrogens is 3. The Morgan fingerprint density at radius 3 is 2.33 bits per heavy atom. The molecule has 3 heterocycles. The minimum absolute atomic E-state index is 0.00110. The third-order valence-electron chi connectivity index (χ3n) is 7.54. The number of rotatable bonds is 9. The number of pyridine rings is 1. The standard InChI is InChI=1S/C34H32N4O4S/c1-22-30(21-43-31-8-4-5-17-35-31)41-34(42-32(22)25-13-11-24(20-39)12-14-25)26-15-9-23(10-16-26)18-37-33(40)29-19-36-27-6-2-3-7-28(27)38-29/h2-17,19,22,30,32,34,39H,18,20-21H2,1H3,(H,37,40). The molecule has 0 bridgehead atoms. The highest BCUT2D eigenvalue weighted by atomic mass is 32.2. The summed E-state index contributed by atoms with van der Waals surface area (Å²) in [5.41, 5.74) is 5.44. The smallest absolute Gasteiger partial charge is 0.271 e. The normalized spacial score (nSPS) is 20.1. The van der Waals surface area contributed by atoms with E-state index in [1.807, 2.05) is 91.0 Å². The average molecular weight is 593 g/mol. The van der Waals surface area contributed by atoms with Gasteiger partial charge in [-0.3, -0.25) is 9.78 Å². The Hall–Kier alpha value is -4.15. The SMILES string of the molecule is CC1C(CSc2ccccn2)OC(c2ccc(CNC(=O)c3cnc4ccccc4n3)cc2)OC1c1ccc(CO)cc1. The van der Waals surface area contributed by atoms with Gasteiger partial charge in [-0.25, -0.2) is 9.97 Å². The van der Waals surface area contributed by atoms with E-state index in [9.17, 15) is 9.90 Å². The molecule has 1 fully saturated rings. The fourth-order valence-electron chi connectivity index (χ4n) is 5.04. The molecule has 1 amide bonds. The zero-order valence-corrected chi connectivity index (χ0v) is 24.5. The van der Waals surface area contributed by atoms with Crippen molar-refractivity contribution in [1.29, 1.82) is 0 Å². The van der Waals surface area contributed by atoms with Crippen molar-refractivity contribution in [1.82, 2.24) is 20.3 Å². The van der Waals surface area contributed by atoms with Crippen LogP contribution in [-0.2, 0) is 22.6 Å². The summed E-state index contributed by atoms with van der Waals surface area (Å²) in [6, 6.07) is 29.1. The molecule has 6 rings (SSSR count). The molecule has 2 N–H and O–H groups in total. The van der Waals surface area contributed by atoms with Crippen LogP contribution in [0.5, 0.6) is 0 Å². The van der Waals surface area contributed by atoms with Gasteiger partial charge in [-0.1, -0.05) is 73.7 Å². The topological polar surface area (TPSA) is 106 Å². The molecule has 8 nitrogen and oxygen atoms in total. The van der Waals surface area contributed by atoms with E-state index in [0.29, 0.717) is 12.1 Å². The van der Waals surface area contributed by atoms with Crippen molar-refractivity contribution in [3.63, 3.8) is 0 Å². The van der Waals surface area contributed by atoms with Crippen molar-refractivity contribution >= 4 is 28.7 Å². The predicted octanol–water partition coefficient (Wildman–Crippen LogP) is 6.03. The van der Waals surface area contributed by atoms with Crippen LogP contribution < -0.4 is 5.32 Å². The third kappa shape index (κ3) is 6.92. The van der Waals surface area contributed by atoms with Crippen molar-refractivity contribution in [2.45, 2.75) is 43.6 Å². The van der Waals surface area contributed by atoms with Gasteiger partial charge in [0.2, 0.25) is 0 Å². The highest BCUT2D eigenvalue weighted by Crippen LogP contribution is 2.42. The van der Waals surface area contributed by atoms with Crippen molar-refractivity contribution in [2.75, 3.05) is 5.75 Å². The first-order valence-electron chi connectivity index (χ1n) is 14.2. The molecule has 9 heteroatoms. The minimum atomic E-state index is -0.565. The Balaban J connectivity index is 1.15. The second kappa shape index (κ2) is 13.4. The van der Waals surface area contributed by atoms with E-state index in [-0.39, 0.29) is 36.3 Å². The predicted molar refractivity (Wildman–Crippen MR) is 165 cm³/mol. The van der Waals surface area contributed by atoms with E-state index in [1.54, 1.807) is 18.0 Å². The van der Waals surface area contributed by atoms with E-state index in [4.69, 9.17) is 9.47 Å². The number of ether oxygens (including phenoxy) is 2. The molecule has 1 saturated heterocycles. The van der Waals surface area contributed by atoms with Gasteiger partial charge in [0, 0.05) is 30.0 Å². The van der Waals surface area contributed by atoms with Gasteiger partial charge in [0.25, 0.3) is 5.91 Å². The molecule has 0 aliphatic carbocycles. The van der Waals surface area contributed by atoms with Gasteiger partial charge in [-0.2, -0.15) is 0 Å². The maximum Gasteiger partial charge on any atom is 0.271 e. The number of carbonyl (C=O) groups excluding carboxylic acids is 1. The lowest BCUT2D eigenvalue weighted by Crippen LogP contribution is -2.38. The molecule has 4 atom stereocenters. The first-order valence-corrected chi connectivity index (χ1v) is 15.2. The van der Waals surface area contributed by atoms with Gasteiger partial charge in [0.1, 0.15) is 5.69 Å². The van der Waals surface area contributed by atoms with Gasteiger partial charge < -0.3 is 19.9 Å². The minimum Gasteiger partial charge on any atom is -0.392 e. The number of carbonyl (C=O) groups is 1. The number of benzene rings is 3. The number of amides is 1. The molecular formula is C34H32N4O4S. The lowest BCUT2D eigenvalue weighted by atomic mass is 9.91. The summed E-state index contributed by atoms with van der Waals surface area (Å²) < 4.78 is 13.1. The second-order valence-electron chi connectivity index (χ2n) is 10.5. The van der Waals surface area contributed by atoms with Crippen LogP contribution in [0, 0.1) is 5.92 Å². The number of aliphatic hydroxyl groups is 1. The molecule has 0 spiro atoms. The number of fused-ring (bicyclic) bond motifs is 1. The summed E-state index contributed by atoms with van der Waals surface area (Å²) in [6.07, 6.45) is 2.45. The van der Waals surface area contributed by atoms with Crippen LogP contribution in [0.4, 0.5) is 0 Å². The first-order chi connectivity index (χ1) is 21.1. The fraction of sp³-hybridized carbons (Fsp3) is 0.235. The van der Waals surface area contributed by atoms with Crippen LogP contribution >= 0.6 is 11.8 Å². The molecule has 43 heavy (non-hydrogen) atoms. The second-order valence-corrected chi connectivity index (χ2v) is 11.5. The summed E-state index contributed by atoms with van der Waals surface area (Å²) >= 11 is 1.67. The highest BCUT2D eigenvalue weighted by Gasteiger charge is 2.38. The van der Waals surface area contributed by atoms with Gasteiger partial charge in [0.15, 0.2) is 6.29 Å². The zero-order chi connectivity index (χ0) is 29.6. The first kappa shape index (κ1) is 28.9. The Kier molecular flexibility index (Phi) is 9.04. The number of nitrogens with one attached hydrogen (secondary N) is 1. The molecule has 218 valence electrons. The summed E-state index contributed by atoms with van der Waals surface area (Å²) in [5, 5.41) is 13.4. The van der Waals surface area contributed by atoms with E-state index >= 15 is 0 Å². The van der Waals surface area contributed by atoms with E-state index in [0.717, 1.165) is 38.5 Å². The van der Waals surface area contributed by atoms with Gasteiger partial charge in [-0.15, -0.1) is 11.8 Å². The quantitative estimate of drug-likeness (QED) is 0.200. The maximum atomic E-state index is 12.7. The summed E-state index contributed by atoms with van der Waals surface area (Å²) in [4.78, 5) is 26.0. The highest BCUT2D eigenvalue weighted by molar-refractivity contribution is 7.99. The molecule has 0 saturated carbocycles. The van der Waals surface area contributed by atoms with E-state index < -0.39 is 6.29 Å². The van der Waals surface area contributed by atoms with Crippen LogP contribution in [0.2, 0.25) is 0 Å². The van der Waals surface area contributed by atoms with Crippen molar-refractivity contribution in [3.05, 3.63) is 131 Å². The Morgan fingerprint density at radius 1 is 0.860 bits per heavy atom. The van der Waals surface area contributed by atoms with Crippen molar-refractivity contribution in [2.24, 2.45) is 5.92 Å². The number of nitrogens with zero attached hydrogens (tertiary/aromatic N) is 3. The maximum absolute atomic E-state index is 12.7. The molecule has 0 radical (unpaired) electrons. The molecular weight excluding hydrogens is 560 g/mol. The number of aliphatic hydroxyl groups excluding tert-OH is 1. The average Bonchev–Trinajstić information content (AvgIpc) is 3.07. The van der Waals surface area contributed by atoms with E-state index in [2.05, 4.69) is 27.2 Å². The molecule has 5 aromatic rings. The van der Waals surface area contributed by atoms with Crippen LogP contribution in [0.15, 0.2) is 108 Å². The van der Waals surface area contributed by atoms with Gasteiger partial charge >= 0.3 is 0 Å². The third-order valence-corrected chi connectivity index (χ3v) is 8.58. The zero-order valence-electron chi connectivity index (χ0n) is 23.7. The number of thioether (sulfide) groups is 1. The number of hydrogen-bond acceptors (Lipinski definition) is 8. The number of hydrogen-bond donors (Lipinski definition) is 2. The van der Waals surface area contributed by atoms with Crippen LogP contribution in [0.25, 0.3) is 11.0 Å². The molecule has 3 aromatic carbocycles. The fourth-order valence-corrected chi connectivity index (χ4v) is 6.07. The van der Waals surface area contributed by atoms with Crippen LogP contribution in [0.1, 0.15) is 52.1 Å². The van der Waals surface area contributed by atoms with Gasteiger partial charge in [-0.05, 0) is 41.0 Å². The monoisotopic (exact) mass is 592 g/mol. The van der Waals surface area contributed by atoms with Crippen LogP contribution in [-0.4, -0.2) is 37.8 Å². The molecule has 2 aromatic heterocycles. The Morgan fingerprint density at radius 2 is 1.58 bits per heavy atom. The lowest BCUT2D eigenvalue weighted by molar-refractivity contribution is -0.268. The Labute approximate surface area is 254 Å². The van der Waals surface area contributed by atoms with Crippen molar-refractivity contribution in [3.8, 4) is 0 Å². The molecule has 1 aliphatic rings. The number of para-hydroxylation sites is 2. The molecule has 4 unspecified atom stereocenters. The lowest BCUT2D eigenvalue weighted by Gasteiger charge is -2.41. The molecule has 1 aliphatic heterocycles. The summed E-state index contributed by atoms with van der Waals surface area (Å²) in [5.74, 6) is 0.532. The van der Waals surface area contributed by atoms with E-state index in [1.165, 1.54) is 6.20 Å². The van der Waals surface area contributed by atoms with Crippen molar-refractivity contribution < 1.29 is 19.4 Å².